The van der Waals surface area contributed by atoms with E-state index in [-0.39, 0.29) is 0 Å². The minimum absolute atomic E-state index is 0.443. The van der Waals surface area contributed by atoms with Gasteiger partial charge in [-0.2, -0.15) is 0 Å². The van der Waals surface area contributed by atoms with Crippen molar-refractivity contribution in [2.24, 2.45) is 16.6 Å². The molecule has 0 fully saturated rings. The lowest BCUT2D eigenvalue weighted by atomic mass is 10.0. The van der Waals surface area contributed by atoms with E-state index in [0.717, 1.165) is 11.3 Å². The topological polar surface area (TPSA) is 38.4 Å². The molecule has 2 nitrogen and oxygen atoms in total. The van der Waals surface area contributed by atoms with Gasteiger partial charge in [0, 0.05) is 11.9 Å². The largest absolute Gasteiger partial charge is 0.402 e. The summed E-state index contributed by atoms with van der Waals surface area (Å²) < 4.78 is 0. The molecule has 0 radical (unpaired) electrons. The summed E-state index contributed by atoms with van der Waals surface area (Å²) in [6.45, 7) is 9.44. The number of aliphatic imine (C=N–C) groups is 1. The van der Waals surface area contributed by atoms with Crippen LogP contribution >= 0.6 is 0 Å². The summed E-state index contributed by atoms with van der Waals surface area (Å²) in [6.07, 6.45) is 3.55. The average Bonchev–Trinajstić information content (AvgIpc) is 1.87. The molecule has 0 amide bonds. The van der Waals surface area contributed by atoms with Gasteiger partial charge in [0.25, 0.3) is 0 Å². The average molecular weight is 152 g/mol. The van der Waals surface area contributed by atoms with Crippen molar-refractivity contribution < 1.29 is 0 Å². The van der Waals surface area contributed by atoms with Gasteiger partial charge < -0.3 is 5.73 Å². The molecule has 62 valence electrons. The Morgan fingerprint density at radius 3 is 2.36 bits per heavy atom. The van der Waals surface area contributed by atoms with Gasteiger partial charge in [0.2, 0.25) is 0 Å². The zero-order valence-corrected chi connectivity index (χ0v) is 7.46. The second kappa shape index (κ2) is 4.72. The van der Waals surface area contributed by atoms with E-state index in [0.29, 0.717) is 5.92 Å². The lowest BCUT2D eigenvalue weighted by Gasteiger charge is -2.07. The minimum Gasteiger partial charge on any atom is -0.402 e. The Morgan fingerprint density at radius 2 is 2.09 bits per heavy atom. The molecule has 0 aliphatic rings. The van der Waals surface area contributed by atoms with Gasteiger partial charge in [-0.25, -0.2) is 0 Å². The van der Waals surface area contributed by atoms with Crippen molar-refractivity contribution in [1.29, 1.82) is 0 Å². The van der Waals surface area contributed by atoms with Crippen LogP contribution in [0.15, 0.2) is 28.5 Å². The number of allylic oxidation sites excluding steroid dienone is 3. The second-order valence-corrected chi connectivity index (χ2v) is 2.79. The first-order valence-electron chi connectivity index (χ1n) is 3.68. The van der Waals surface area contributed by atoms with Crippen LogP contribution in [-0.4, -0.2) is 6.72 Å². The SMILES string of the molecule is C=N/C=C\C(=C(/C)N)C(C)C. The van der Waals surface area contributed by atoms with E-state index in [1.807, 2.05) is 13.0 Å². The van der Waals surface area contributed by atoms with Gasteiger partial charge in [-0.15, -0.1) is 0 Å². The fourth-order valence-corrected chi connectivity index (χ4v) is 0.912. The highest BCUT2D eigenvalue weighted by atomic mass is 14.6. The van der Waals surface area contributed by atoms with Crippen molar-refractivity contribution >= 4 is 6.72 Å². The van der Waals surface area contributed by atoms with Crippen LogP contribution in [0.4, 0.5) is 0 Å². The molecule has 0 aliphatic heterocycles. The molecule has 0 atom stereocenters. The first kappa shape index (κ1) is 9.95. The third-order valence-corrected chi connectivity index (χ3v) is 1.44. The highest BCUT2D eigenvalue weighted by molar-refractivity contribution is 5.29. The maximum atomic E-state index is 5.64. The Hall–Kier alpha value is -1.05. The summed E-state index contributed by atoms with van der Waals surface area (Å²) in [5, 5.41) is 0. The summed E-state index contributed by atoms with van der Waals surface area (Å²) in [6, 6.07) is 0. The molecule has 11 heavy (non-hydrogen) atoms. The molecule has 2 heteroatoms. The summed E-state index contributed by atoms with van der Waals surface area (Å²) >= 11 is 0. The summed E-state index contributed by atoms with van der Waals surface area (Å²) in [5.74, 6) is 0.443. The second-order valence-electron chi connectivity index (χ2n) is 2.79. The Labute approximate surface area is 68.5 Å². The zero-order chi connectivity index (χ0) is 8.85. The van der Waals surface area contributed by atoms with E-state index in [9.17, 15) is 0 Å². The van der Waals surface area contributed by atoms with Crippen LogP contribution in [0.2, 0.25) is 0 Å². The molecule has 0 aromatic rings. The monoisotopic (exact) mass is 152 g/mol. The molecule has 0 saturated heterocycles. The van der Waals surface area contributed by atoms with Crippen LogP contribution in [0.1, 0.15) is 20.8 Å². The molecular weight excluding hydrogens is 136 g/mol. The smallest absolute Gasteiger partial charge is 0.0264 e. The lowest BCUT2D eigenvalue weighted by Crippen LogP contribution is -2.01. The van der Waals surface area contributed by atoms with Gasteiger partial charge in [-0.3, -0.25) is 4.99 Å². The van der Waals surface area contributed by atoms with E-state index in [1.54, 1.807) is 6.20 Å². The molecule has 2 N–H and O–H groups in total. The number of nitrogens with zero attached hydrogens (tertiary/aromatic N) is 1. The Morgan fingerprint density at radius 1 is 1.55 bits per heavy atom. The fraction of sp³-hybridized carbons (Fsp3) is 0.444. The summed E-state index contributed by atoms with van der Waals surface area (Å²) in [5.41, 5.74) is 7.61. The molecule has 0 spiro atoms. The summed E-state index contributed by atoms with van der Waals surface area (Å²) in [7, 11) is 0. The van der Waals surface area contributed by atoms with Gasteiger partial charge in [0.15, 0.2) is 0 Å². The van der Waals surface area contributed by atoms with E-state index >= 15 is 0 Å². The summed E-state index contributed by atoms with van der Waals surface area (Å²) in [4.78, 5) is 3.62. The van der Waals surface area contributed by atoms with Crippen molar-refractivity contribution in [3.05, 3.63) is 23.5 Å². The molecule has 0 aromatic heterocycles. The molecule has 0 bridgehead atoms. The van der Waals surface area contributed by atoms with Gasteiger partial charge in [0.05, 0.1) is 0 Å². The molecule has 0 aromatic carbocycles. The standard InChI is InChI=1S/C9H16N2/c1-7(2)9(8(3)10)5-6-11-4/h5-7H,4,10H2,1-3H3/b6-5-,9-8-. The van der Waals surface area contributed by atoms with Crippen molar-refractivity contribution in [3.63, 3.8) is 0 Å². The molecule has 0 heterocycles. The van der Waals surface area contributed by atoms with Crippen LogP contribution in [0.5, 0.6) is 0 Å². The maximum Gasteiger partial charge on any atom is 0.0264 e. The van der Waals surface area contributed by atoms with E-state index in [4.69, 9.17) is 5.73 Å². The third-order valence-electron chi connectivity index (χ3n) is 1.44. The highest BCUT2D eigenvalue weighted by Crippen LogP contribution is 2.12. The van der Waals surface area contributed by atoms with Crippen molar-refractivity contribution in [1.82, 2.24) is 0 Å². The molecule has 0 aliphatic carbocycles. The van der Waals surface area contributed by atoms with Crippen LogP contribution in [0, 0.1) is 5.92 Å². The Balaban J connectivity index is 4.50. The molecule has 0 rings (SSSR count). The van der Waals surface area contributed by atoms with E-state index in [1.165, 1.54) is 0 Å². The first-order valence-corrected chi connectivity index (χ1v) is 3.68. The van der Waals surface area contributed by atoms with Crippen LogP contribution in [0.3, 0.4) is 0 Å². The number of hydrogen-bond acceptors (Lipinski definition) is 2. The Kier molecular flexibility index (Phi) is 4.27. The molecule has 0 saturated carbocycles. The van der Waals surface area contributed by atoms with Crippen molar-refractivity contribution in [2.45, 2.75) is 20.8 Å². The lowest BCUT2D eigenvalue weighted by molar-refractivity contribution is 0.777. The third kappa shape index (κ3) is 3.61. The van der Waals surface area contributed by atoms with Gasteiger partial charge in [-0.1, -0.05) is 13.8 Å². The van der Waals surface area contributed by atoms with Gasteiger partial charge >= 0.3 is 0 Å². The van der Waals surface area contributed by atoms with Gasteiger partial charge in [-0.05, 0) is 31.2 Å². The van der Waals surface area contributed by atoms with Crippen LogP contribution in [0.25, 0.3) is 0 Å². The zero-order valence-electron chi connectivity index (χ0n) is 7.46. The first-order chi connectivity index (χ1) is 5.09. The fourth-order valence-electron chi connectivity index (χ4n) is 0.912. The van der Waals surface area contributed by atoms with E-state index in [2.05, 4.69) is 25.6 Å². The molecule has 0 unspecified atom stereocenters. The minimum atomic E-state index is 0.443. The number of hydrogen-bond donors (Lipinski definition) is 1. The van der Waals surface area contributed by atoms with Crippen molar-refractivity contribution in [3.8, 4) is 0 Å². The number of rotatable bonds is 3. The Bertz CT molecular complexity index is 184. The van der Waals surface area contributed by atoms with Crippen LogP contribution < -0.4 is 5.73 Å². The van der Waals surface area contributed by atoms with Crippen molar-refractivity contribution in [2.75, 3.05) is 0 Å². The maximum absolute atomic E-state index is 5.64. The van der Waals surface area contributed by atoms with E-state index < -0.39 is 0 Å². The highest BCUT2D eigenvalue weighted by Gasteiger charge is 2.00. The van der Waals surface area contributed by atoms with Crippen LogP contribution in [-0.2, 0) is 0 Å². The molecular formula is C9H16N2. The quantitative estimate of drug-likeness (QED) is 0.488. The number of nitrogens with two attached hydrogens (primary N) is 1. The predicted octanol–water partition coefficient (Wildman–Crippen LogP) is 2.09. The predicted molar refractivity (Wildman–Crippen MR) is 50.4 cm³/mol. The van der Waals surface area contributed by atoms with Gasteiger partial charge in [0.1, 0.15) is 0 Å². The normalized spacial score (nSPS) is 13.8.